The Morgan fingerprint density at radius 2 is 1.27 bits per heavy atom. The predicted molar refractivity (Wildman–Crippen MR) is 89.0 cm³/mol. The Hall–Kier alpha value is -0.120. The van der Waals surface area contributed by atoms with E-state index in [0.717, 1.165) is 30.6 Å². The molecule has 0 aromatic heterocycles. The van der Waals surface area contributed by atoms with Gasteiger partial charge in [-0.05, 0) is 69.1 Å². The zero-order chi connectivity index (χ0) is 15.2. The van der Waals surface area contributed by atoms with Crippen molar-refractivity contribution in [3.63, 3.8) is 0 Å². The van der Waals surface area contributed by atoms with Crippen LogP contribution < -0.4 is 5.48 Å². The van der Waals surface area contributed by atoms with Crippen LogP contribution in [0.3, 0.4) is 0 Å². The smallest absolute Gasteiger partial charge is 0.0949 e. The Morgan fingerprint density at radius 1 is 0.682 bits per heavy atom. The van der Waals surface area contributed by atoms with Crippen LogP contribution in [0.5, 0.6) is 0 Å². The Morgan fingerprint density at radius 3 is 1.91 bits per heavy atom. The zero-order valence-corrected chi connectivity index (χ0v) is 14.4. The van der Waals surface area contributed by atoms with E-state index >= 15 is 0 Å². The molecule has 1 N–H and O–H groups in total. The molecule has 0 saturated heterocycles. The molecule has 3 fully saturated rings. The summed E-state index contributed by atoms with van der Waals surface area (Å²) in [4.78, 5) is 10.9. The summed E-state index contributed by atoms with van der Waals surface area (Å²) in [7, 11) is 0. The molecule has 3 aliphatic rings. The van der Waals surface area contributed by atoms with Crippen LogP contribution in [0.4, 0.5) is 0 Å². The average molecular weight is 309 g/mol. The van der Waals surface area contributed by atoms with E-state index in [-0.39, 0.29) is 0 Å². The number of rotatable bonds is 5. The van der Waals surface area contributed by atoms with Crippen LogP contribution >= 0.6 is 0 Å². The molecule has 0 unspecified atom stereocenters. The quantitative estimate of drug-likeness (QED) is 0.562. The molecule has 0 aromatic rings. The lowest BCUT2D eigenvalue weighted by Gasteiger charge is -2.37. The molecule has 0 aromatic carbocycles. The molecule has 0 aliphatic heterocycles. The monoisotopic (exact) mass is 309 g/mol. The summed E-state index contributed by atoms with van der Waals surface area (Å²) in [6.07, 6.45) is 17.7. The van der Waals surface area contributed by atoms with E-state index in [9.17, 15) is 0 Å². The van der Waals surface area contributed by atoms with Gasteiger partial charge in [-0.1, -0.05) is 39.0 Å². The second-order valence-electron chi connectivity index (χ2n) is 8.19. The first-order valence-corrected chi connectivity index (χ1v) is 9.89. The maximum Gasteiger partial charge on any atom is 0.0949 e. The van der Waals surface area contributed by atoms with E-state index in [1.54, 1.807) is 0 Å². The molecule has 0 radical (unpaired) electrons. The SMILES string of the molecule is CC1CCC(C2CCC(NOOC3CCCCC3)CC2)CC1. The maximum absolute atomic E-state index is 5.53. The Kier molecular flexibility index (Phi) is 6.58. The highest BCUT2D eigenvalue weighted by Crippen LogP contribution is 2.39. The van der Waals surface area contributed by atoms with Crippen molar-refractivity contribution in [2.24, 2.45) is 17.8 Å². The largest absolute Gasteiger partial charge is 0.215 e. The second-order valence-corrected chi connectivity index (χ2v) is 8.19. The number of hydroxylamine groups is 1. The third-order valence-electron chi connectivity index (χ3n) is 6.45. The van der Waals surface area contributed by atoms with Gasteiger partial charge in [0.05, 0.1) is 6.10 Å². The fourth-order valence-electron chi connectivity index (χ4n) is 4.79. The minimum absolute atomic E-state index is 0.321. The van der Waals surface area contributed by atoms with Crippen molar-refractivity contribution >= 4 is 0 Å². The molecule has 128 valence electrons. The van der Waals surface area contributed by atoms with Gasteiger partial charge in [-0.3, -0.25) is 0 Å². The maximum atomic E-state index is 5.53. The van der Waals surface area contributed by atoms with Crippen LogP contribution in [0, 0.1) is 17.8 Å². The molecule has 22 heavy (non-hydrogen) atoms. The van der Waals surface area contributed by atoms with Gasteiger partial charge in [-0.2, -0.15) is 5.48 Å². The van der Waals surface area contributed by atoms with Crippen LogP contribution in [0.15, 0.2) is 0 Å². The number of nitrogens with one attached hydrogen (secondary N) is 1. The van der Waals surface area contributed by atoms with Crippen molar-refractivity contribution < 1.29 is 9.88 Å². The van der Waals surface area contributed by atoms with Gasteiger partial charge in [0.25, 0.3) is 0 Å². The lowest BCUT2D eigenvalue weighted by molar-refractivity contribution is -0.372. The van der Waals surface area contributed by atoms with Crippen LogP contribution in [0.2, 0.25) is 0 Å². The van der Waals surface area contributed by atoms with Crippen molar-refractivity contribution in [1.29, 1.82) is 0 Å². The van der Waals surface area contributed by atoms with Crippen molar-refractivity contribution in [1.82, 2.24) is 5.48 Å². The van der Waals surface area contributed by atoms with E-state index in [0.29, 0.717) is 12.1 Å². The first kappa shape index (κ1) is 16.7. The first-order chi connectivity index (χ1) is 10.8. The lowest BCUT2D eigenvalue weighted by Crippen LogP contribution is -2.36. The van der Waals surface area contributed by atoms with E-state index in [4.69, 9.17) is 9.88 Å². The molecule has 3 rings (SSSR count). The lowest BCUT2D eigenvalue weighted by atomic mass is 9.70. The topological polar surface area (TPSA) is 30.5 Å². The minimum Gasteiger partial charge on any atom is -0.215 e. The number of hydrogen-bond donors (Lipinski definition) is 1. The molecule has 0 bridgehead atoms. The van der Waals surface area contributed by atoms with Gasteiger partial charge >= 0.3 is 0 Å². The third kappa shape index (κ3) is 4.94. The molecule has 3 saturated carbocycles. The molecule has 0 spiro atoms. The summed E-state index contributed by atoms with van der Waals surface area (Å²) in [5.74, 6) is 2.96. The zero-order valence-electron chi connectivity index (χ0n) is 14.4. The van der Waals surface area contributed by atoms with Gasteiger partial charge in [-0.15, -0.1) is 4.99 Å². The molecular formula is C19H35NO2. The molecule has 0 heterocycles. The highest BCUT2D eigenvalue weighted by molar-refractivity contribution is 4.82. The summed E-state index contributed by atoms with van der Waals surface area (Å²) in [5.41, 5.74) is 3.18. The first-order valence-electron chi connectivity index (χ1n) is 9.89. The third-order valence-corrected chi connectivity index (χ3v) is 6.45. The highest BCUT2D eigenvalue weighted by Gasteiger charge is 2.30. The predicted octanol–water partition coefficient (Wildman–Crippen LogP) is 5.16. The van der Waals surface area contributed by atoms with Gasteiger partial charge in [0.1, 0.15) is 0 Å². The summed E-state index contributed by atoms with van der Waals surface area (Å²) in [5, 5.41) is 0. The van der Waals surface area contributed by atoms with Crippen LogP contribution in [-0.4, -0.2) is 12.1 Å². The molecule has 0 amide bonds. The Bertz CT molecular complexity index is 301. The Labute approximate surface area is 136 Å². The summed E-state index contributed by atoms with van der Waals surface area (Å²) < 4.78 is 0. The summed E-state index contributed by atoms with van der Waals surface area (Å²) >= 11 is 0. The van der Waals surface area contributed by atoms with Crippen LogP contribution in [-0.2, 0) is 9.88 Å². The molecule has 3 heteroatoms. The van der Waals surface area contributed by atoms with Crippen LogP contribution in [0.25, 0.3) is 0 Å². The summed E-state index contributed by atoms with van der Waals surface area (Å²) in [6.45, 7) is 2.42. The van der Waals surface area contributed by atoms with Gasteiger partial charge in [-0.25, -0.2) is 4.89 Å². The minimum atomic E-state index is 0.321. The van der Waals surface area contributed by atoms with Gasteiger partial charge in [0.2, 0.25) is 0 Å². The van der Waals surface area contributed by atoms with Crippen molar-refractivity contribution in [3.05, 3.63) is 0 Å². The van der Waals surface area contributed by atoms with Gasteiger partial charge in [0.15, 0.2) is 0 Å². The molecule has 3 aliphatic carbocycles. The fraction of sp³-hybridized carbons (Fsp3) is 1.00. The molecule has 0 atom stereocenters. The highest BCUT2D eigenvalue weighted by atomic mass is 17.3. The van der Waals surface area contributed by atoms with Gasteiger partial charge < -0.3 is 0 Å². The summed E-state index contributed by atoms with van der Waals surface area (Å²) in [6, 6.07) is 0.502. The standard InChI is InChI=1S/C19H35NO2/c1-15-7-9-16(10-8-15)17-11-13-18(14-12-17)20-22-21-19-5-3-2-4-6-19/h15-20H,2-14H2,1H3. The average Bonchev–Trinajstić information content (AvgIpc) is 2.57. The number of hydrogen-bond acceptors (Lipinski definition) is 3. The van der Waals surface area contributed by atoms with Crippen molar-refractivity contribution in [2.45, 2.75) is 103 Å². The fourth-order valence-corrected chi connectivity index (χ4v) is 4.79. The van der Waals surface area contributed by atoms with E-state index < -0.39 is 0 Å². The van der Waals surface area contributed by atoms with Crippen LogP contribution in [0.1, 0.15) is 90.4 Å². The molecule has 3 nitrogen and oxygen atoms in total. The van der Waals surface area contributed by atoms with Gasteiger partial charge in [0, 0.05) is 6.04 Å². The van der Waals surface area contributed by atoms with E-state index in [2.05, 4.69) is 12.4 Å². The Balaban J connectivity index is 1.28. The van der Waals surface area contributed by atoms with E-state index in [1.165, 1.54) is 70.6 Å². The normalized spacial score (nSPS) is 38.0. The van der Waals surface area contributed by atoms with Crippen molar-refractivity contribution in [2.75, 3.05) is 0 Å². The molecular weight excluding hydrogens is 274 g/mol. The van der Waals surface area contributed by atoms with Crippen molar-refractivity contribution in [3.8, 4) is 0 Å². The second kappa shape index (κ2) is 8.65. The van der Waals surface area contributed by atoms with E-state index in [1.807, 2.05) is 0 Å².